The maximum Gasteiger partial charge on any atom is 0.147 e. The number of nitrogens with zero attached hydrogens (tertiary/aromatic N) is 2. The highest BCUT2D eigenvalue weighted by Gasteiger charge is 2.08. The van der Waals surface area contributed by atoms with Gasteiger partial charge in [-0.2, -0.15) is 0 Å². The van der Waals surface area contributed by atoms with Gasteiger partial charge < -0.3 is 5.32 Å². The molecule has 1 heterocycles. The number of nitrogens with one attached hydrogen (secondary N) is 1. The van der Waals surface area contributed by atoms with Crippen LogP contribution in [0.2, 0.25) is 5.02 Å². The monoisotopic (exact) mass is 281 g/mol. The molecule has 0 radical (unpaired) electrons. The Kier molecular flexibility index (Phi) is 4.32. The minimum absolute atomic E-state index is 0.454. The van der Waals surface area contributed by atoms with Crippen LogP contribution in [0.15, 0.2) is 18.2 Å². The number of aryl methyl sites for hydroxylation is 1. The number of rotatable bonds is 4. The van der Waals surface area contributed by atoms with E-state index in [0.29, 0.717) is 6.04 Å². The lowest BCUT2D eigenvalue weighted by Gasteiger charge is -2.03. The van der Waals surface area contributed by atoms with Gasteiger partial charge in [0.05, 0.1) is 0 Å². The molecule has 5 heteroatoms. The van der Waals surface area contributed by atoms with E-state index in [-0.39, 0.29) is 0 Å². The van der Waals surface area contributed by atoms with Gasteiger partial charge in [-0.1, -0.05) is 42.9 Å². The van der Waals surface area contributed by atoms with Crippen LogP contribution in [-0.4, -0.2) is 16.2 Å². The predicted octanol–water partition coefficient (Wildman–Crippen LogP) is 3.66. The van der Waals surface area contributed by atoms with Crippen LogP contribution < -0.4 is 5.32 Å². The third kappa shape index (κ3) is 3.28. The van der Waals surface area contributed by atoms with Crippen LogP contribution >= 0.6 is 22.9 Å². The number of aromatic nitrogens is 2. The van der Waals surface area contributed by atoms with Crippen LogP contribution in [0.4, 0.5) is 0 Å². The summed E-state index contributed by atoms with van der Waals surface area (Å²) in [7, 11) is 0. The second-order valence-electron chi connectivity index (χ2n) is 4.50. The second-order valence-corrected chi connectivity index (χ2v) is 5.97. The summed E-state index contributed by atoms with van der Waals surface area (Å²) in [6, 6.07) is 6.38. The summed E-state index contributed by atoms with van der Waals surface area (Å²) in [6.45, 7) is 6.99. The highest BCUT2D eigenvalue weighted by atomic mass is 35.5. The third-order valence-corrected chi connectivity index (χ3v) is 3.93. The Morgan fingerprint density at radius 1 is 1.33 bits per heavy atom. The average molecular weight is 282 g/mol. The van der Waals surface area contributed by atoms with E-state index in [1.54, 1.807) is 11.3 Å². The van der Waals surface area contributed by atoms with E-state index in [0.717, 1.165) is 32.7 Å². The maximum absolute atomic E-state index is 6.02. The highest BCUT2D eigenvalue weighted by Crippen LogP contribution is 2.27. The van der Waals surface area contributed by atoms with E-state index in [1.807, 2.05) is 25.1 Å². The van der Waals surface area contributed by atoms with Gasteiger partial charge in [-0.25, -0.2) is 0 Å². The number of hydrogen-bond acceptors (Lipinski definition) is 4. The van der Waals surface area contributed by atoms with E-state index >= 15 is 0 Å². The van der Waals surface area contributed by atoms with Crippen LogP contribution in [0.5, 0.6) is 0 Å². The zero-order valence-electron chi connectivity index (χ0n) is 10.7. The molecule has 0 saturated heterocycles. The molecular weight excluding hydrogens is 266 g/mol. The van der Waals surface area contributed by atoms with Crippen molar-refractivity contribution >= 4 is 22.9 Å². The Bertz CT molecular complexity index is 537. The van der Waals surface area contributed by atoms with Gasteiger partial charge in [0.25, 0.3) is 0 Å². The zero-order valence-corrected chi connectivity index (χ0v) is 12.3. The van der Waals surface area contributed by atoms with Crippen LogP contribution in [0.1, 0.15) is 24.4 Å². The molecule has 0 aliphatic heterocycles. The Labute approximate surface area is 116 Å². The highest BCUT2D eigenvalue weighted by molar-refractivity contribution is 7.14. The molecule has 0 bridgehead atoms. The van der Waals surface area contributed by atoms with E-state index in [9.17, 15) is 0 Å². The minimum atomic E-state index is 0.454. The van der Waals surface area contributed by atoms with Crippen molar-refractivity contribution in [3.05, 3.63) is 33.8 Å². The van der Waals surface area contributed by atoms with Crippen molar-refractivity contribution in [1.82, 2.24) is 15.5 Å². The number of hydrogen-bond donors (Lipinski definition) is 1. The smallest absolute Gasteiger partial charge is 0.147 e. The lowest BCUT2D eigenvalue weighted by Crippen LogP contribution is -2.21. The molecule has 2 aromatic rings. The van der Waals surface area contributed by atoms with Crippen molar-refractivity contribution in [3.63, 3.8) is 0 Å². The molecule has 2 rings (SSSR count). The molecule has 0 aliphatic carbocycles. The molecule has 1 aromatic carbocycles. The number of benzene rings is 1. The first kappa shape index (κ1) is 13.5. The molecule has 0 fully saturated rings. The molecule has 0 spiro atoms. The molecule has 1 N–H and O–H groups in total. The molecule has 0 amide bonds. The summed E-state index contributed by atoms with van der Waals surface area (Å²) < 4.78 is 0. The molecular formula is C13H16ClN3S. The average Bonchev–Trinajstić information content (AvgIpc) is 2.79. The Morgan fingerprint density at radius 3 is 2.78 bits per heavy atom. The first-order chi connectivity index (χ1) is 8.56. The second kappa shape index (κ2) is 5.78. The standard InChI is InChI=1S/C13H16ClN3S/c1-8(2)15-7-12-16-17-13(18-12)10-4-5-11(14)9(3)6-10/h4-6,8,15H,7H2,1-3H3. The van der Waals surface area contributed by atoms with Gasteiger partial charge in [0.15, 0.2) is 0 Å². The number of halogens is 1. The molecule has 1 aromatic heterocycles. The SMILES string of the molecule is Cc1cc(-c2nnc(CNC(C)C)s2)ccc1Cl. The Hall–Kier alpha value is -0.970. The first-order valence-electron chi connectivity index (χ1n) is 5.88. The van der Waals surface area contributed by atoms with E-state index in [1.165, 1.54) is 0 Å². The van der Waals surface area contributed by atoms with Crippen LogP contribution in [0.3, 0.4) is 0 Å². The molecule has 0 saturated carbocycles. The van der Waals surface area contributed by atoms with Gasteiger partial charge >= 0.3 is 0 Å². The lowest BCUT2D eigenvalue weighted by atomic mass is 10.1. The Balaban J connectivity index is 2.16. The summed E-state index contributed by atoms with van der Waals surface area (Å²) in [5, 5.41) is 14.5. The molecule has 3 nitrogen and oxygen atoms in total. The van der Waals surface area contributed by atoms with Gasteiger partial charge in [0.2, 0.25) is 0 Å². The van der Waals surface area contributed by atoms with Gasteiger partial charge in [0.1, 0.15) is 10.0 Å². The summed E-state index contributed by atoms with van der Waals surface area (Å²) in [6.07, 6.45) is 0. The summed E-state index contributed by atoms with van der Waals surface area (Å²) in [4.78, 5) is 0. The van der Waals surface area contributed by atoms with Crippen molar-refractivity contribution in [1.29, 1.82) is 0 Å². The summed E-state index contributed by atoms with van der Waals surface area (Å²) in [5.74, 6) is 0. The van der Waals surface area contributed by atoms with Crippen LogP contribution in [0, 0.1) is 6.92 Å². The third-order valence-electron chi connectivity index (χ3n) is 2.53. The van der Waals surface area contributed by atoms with Crippen LogP contribution in [-0.2, 0) is 6.54 Å². The molecule has 0 atom stereocenters. The summed E-state index contributed by atoms with van der Waals surface area (Å²) in [5.41, 5.74) is 2.14. The Morgan fingerprint density at radius 2 is 2.11 bits per heavy atom. The minimum Gasteiger partial charge on any atom is -0.308 e. The fourth-order valence-electron chi connectivity index (χ4n) is 1.51. The fourth-order valence-corrected chi connectivity index (χ4v) is 2.42. The van der Waals surface area contributed by atoms with Gasteiger partial charge in [0, 0.05) is 23.2 Å². The van der Waals surface area contributed by atoms with E-state index in [2.05, 4.69) is 29.4 Å². The largest absolute Gasteiger partial charge is 0.308 e. The van der Waals surface area contributed by atoms with Crippen molar-refractivity contribution in [2.45, 2.75) is 33.4 Å². The van der Waals surface area contributed by atoms with E-state index in [4.69, 9.17) is 11.6 Å². The van der Waals surface area contributed by atoms with Gasteiger partial charge in [-0.15, -0.1) is 10.2 Å². The predicted molar refractivity (Wildman–Crippen MR) is 77.1 cm³/mol. The quantitative estimate of drug-likeness (QED) is 0.929. The zero-order chi connectivity index (χ0) is 13.1. The van der Waals surface area contributed by atoms with Crippen LogP contribution in [0.25, 0.3) is 10.6 Å². The van der Waals surface area contributed by atoms with Gasteiger partial charge in [-0.05, 0) is 24.6 Å². The molecule has 0 aliphatic rings. The van der Waals surface area contributed by atoms with Crippen molar-refractivity contribution < 1.29 is 0 Å². The molecule has 96 valence electrons. The maximum atomic E-state index is 6.02. The molecule has 0 unspecified atom stereocenters. The topological polar surface area (TPSA) is 37.8 Å². The lowest BCUT2D eigenvalue weighted by molar-refractivity contribution is 0.585. The van der Waals surface area contributed by atoms with Crippen molar-refractivity contribution in [2.75, 3.05) is 0 Å². The van der Waals surface area contributed by atoms with Crippen molar-refractivity contribution in [2.24, 2.45) is 0 Å². The van der Waals surface area contributed by atoms with Gasteiger partial charge in [-0.3, -0.25) is 0 Å². The summed E-state index contributed by atoms with van der Waals surface area (Å²) >= 11 is 7.63. The fraction of sp³-hybridized carbons (Fsp3) is 0.385. The van der Waals surface area contributed by atoms with E-state index < -0.39 is 0 Å². The van der Waals surface area contributed by atoms with Crippen molar-refractivity contribution in [3.8, 4) is 10.6 Å². The normalized spacial score (nSPS) is 11.2. The molecule has 18 heavy (non-hydrogen) atoms. The first-order valence-corrected chi connectivity index (χ1v) is 7.08.